The van der Waals surface area contributed by atoms with Crippen LogP contribution in [0.3, 0.4) is 0 Å². The van der Waals surface area contributed by atoms with Gasteiger partial charge in [-0.1, -0.05) is 0 Å². The third-order valence-electron chi connectivity index (χ3n) is 3.12. The van der Waals surface area contributed by atoms with Crippen LogP contribution in [0.5, 0.6) is 0 Å². The molecule has 90 valence electrons. The molecule has 6 heteroatoms. The van der Waals surface area contributed by atoms with Gasteiger partial charge in [0.1, 0.15) is 0 Å². The number of nitrogens with one attached hydrogen (secondary N) is 1. The van der Waals surface area contributed by atoms with Gasteiger partial charge in [0, 0.05) is 11.1 Å². The van der Waals surface area contributed by atoms with Gasteiger partial charge in [0.05, 0.1) is 17.3 Å². The highest BCUT2D eigenvalue weighted by molar-refractivity contribution is 5.93. The van der Waals surface area contributed by atoms with E-state index in [4.69, 9.17) is 5.73 Å². The van der Waals surface area contributed by atoms with Crippen molar-refractivity contribution >= 4 is 16.6 Å². The minimum Gasteiger partial charge on any atom is -0.398 e. The number of aromatic nitrogens is 2. The summed E-state index contributed by atoms with van der Waals surface area (Å²) in [6.45, 7) is 0. The van der Waals surface area contributed by atoms with Gasteiger partial charge in [-0.15, -0.1) is 0 Å². The van der Waals surface area contributed by atoms with E-state index in [0.717, 1.165) is 18.9 Å². The number of nitrogens with two attached hydrogens (primary N) is 1. The summed E-state index contributed by atoms with van der Waals surface area (Å²) in [6.07, 6.45) is -1.35. The van der Waals surface area contributed by atoms with Crippen molar-refractivity contribution < 1.29 is 13.2 Å². The Hall–Kier alpha value is -1.72. The summed E-state index contributed by atoms with van der Waals surface area (Å²) in [5, 5.41) is 6.83. The molecule has 1 aliphatic carbocycles. The van der Waals surface area contributed by atoms with Gasteiger partial charge in [0.15, 0.2) is 0 Å². The first kappa shape index (κ1) is 10.4. The van der Waals surface area contributed by atoms with Crippen molar-refractivity contribution in [2.24, 2.45) is 0 Å². The second-order valence-corrected chi connectivity index (χ2v) is 4.35. The van der Waals surface area contributed by atoms with Crippen molar-refractivity contribution in [2.45, 2.75) is 24.9 Å². The first-order chi connectivity index (χ1) is 7.98. The van der Waals surface area contributed by atoms with Gasteiger partial charge in [-0.25, -0.2) is 0 Å². The van der Waals surface area contributed by atoms with Crippen LogP contribution >= 0.6 is 0 Å². The molecule has 1 aliphatic rings. The SMILES string of the molecule is Nc1c(C2CC2)c(C(F)(F)F)cc2[nH]ncc12. The van der Waals surface area contributed by atoms with Crippen molar-refractivity contribution in [2.75, 3.05) is 5.73 Å². The van der Waals surface area contributed by atoms with Gasteiger partial charge in [-0.05, 0) is 30.4 Å². The molecule has 17 heavy (non-hydrogen) atoms. The molecule has 1 fully saturated rings. The summed E-state index contributed by atoms with van der Waals surface area (Å²) in [5.41, 5.74) is 6.00. The van der Waals surface area contributed by atoms with E-state index in [1.165, 1.54) is 6.20 Å². The fourth-order valence-electron chi connectivity index (χ4n) is 2.18. The van der Waals surface area contributed by atoms with Gasteiger partial charge >= 0.3 is 6.18 Å². The number of nitrogen functional groups attached to an aromatic ring is 1. The maximum absolute atomic E-state index is 13.0. The molecule has 1 saturated carbocycles. The smallest absolute Gasteiger partial charge is 0.398 e. The maximum atomic E-state index is 13.0. The predicted octanol–water partition coefficient (Wildman–Crippen LogP) is 3.04. The number of benzene rings is 1. The number of fused-ring (bicyclic) bond motifs is 1. The average molecular weight is 241 g/mol. The Morgan fingerprint density at radius 3 is 2.65 bits per heavy atom. The van der Waals surface area contributed by atoms with E-state index in [2.05, 4.69) is 10.2 Å². The van der Waals surface area contributed by atoms with Crippen LogP contribution < -0.4 is 5.73 Å². The molecule has 1 heterocycles. The van der Waals surface area contributed by atoms with Gasteiger partial charge in [0.2, 0.25) is 0 Å². The Balaban J connectivity index is 2.34. The zero-order valence-electron chi connectivity index (χ0n) is 8.80. The lowest BCUT2D eigenvalue weighted by Gasteiger charge is -2.15. The topological polar surface area (TPSA) is 54.7 Å². The van der Waals surface area contributed by atoms with Crippen molar-refractivity contribution in [3.8, 4) is 0 Å². The zero-order valence-corrected chi connectivity index (χ0v) is 8.80. The van der Waals surface area contributed by atoms with Crippen LogP contribution in [0.1, 0.15) is 29.9 Å². The number of halogens is 3. The lowest BCUT2D eigenvalue weighted by Crippen LogP contribution is -2.11. The van der Waals surface area contributed by atoms with E-state index in [1.54, 1.807) is 0 Å². The molecule has 0 unspecified atom stereocenters. The second-order valence-electron chi connectivity index (χ2n) is 4.35. The summed E-state index contributed by atoms with van der Waals surface area (Å²) in [4.78, 5) is 0. The van der Waals surface area contributed by atoms with Crippen molar-refractivity contribution in [1.82, 2.24) is 10.2 Å². The fourth-order valence-corrected chi connectivity index (χ4v) is 2.18. The molecule has 3 nitrogen and oxygen atoms in total. The zero-order chi connectivity index (χ0) is 12.2. The Kier molecular flexibility index (Phi) is 1.93. The number of alkyl halides is 3. The first-order valence-corrected chi connectivity index (χ1v) is 5.31. The summed E-state index contributed by atoms with van der Waals surface area (Å²) in [5.74, 6) is -0.0501. The lowest BCUT2D eigenvalue weighted by molar-refractivity contribution is -0.138. The number of hydrogen-bond acceptors (Lipinski definition) is 2. The number of anilines is 1. The molecule has 0 atom stereocenters. The number of hydrogen-bond donors (Lipinski definition) is 2. The largest absolute Gasteiger partial charge is 0.416 e. The molecule has 1 aromatic carbocycles. The standard InChI is InChI=1S/C11H10F3N3/c12-11(13,14)7-3-8-6(4-16-17-8)10(15)9(7)5-1-2-5/h3-5H,1-2,15H2,(H,16,17). The van der Waals surface area contributed by atoms with Crippen molar-refractivity contribution in [3.05, 3.63) is 23.4 Å². The Morgan fingerprint density at radius 1 is 1.35 bits per heavy atom. The Morgan fingerprint density at radius 2 is 2.06 bits per heavy atom. The van der Waals surface area contributed by atoms with Crippen LogP contribution in [0.2, 0.25) is 0 Å². The summed E-state index contributed by atoms with van der Waals surface area (Å²) >= 11 is 0. The van der Waals surface area contributed by atoms with Gasteiger partial charge in [-0.2, -0.15) is 18.3 Å². The quantitative estimate of drug-likeness (QED) is 0.754. The van der Waals surface area contributed by atoms with E-state index >= 15 is 0 Å². The monoisotopic (exact) mass is 241 g/mol. The van der Waals surface area contributed by atoms with Crippen LogP contribution in [0.15, 0.2) is 12.3 Å². The van der Waals surface area contributed by atoms with Crippen molar-refractivity contribution in [3.63, 3.8) is 0 Å². The highest BCUT2D eigenvalue weighted by Gasteiger charge is 2.40. The highest BCUT2D eigenvalue weighted by Crippen LogP contribution is 2.49. The number of nitrogens with zero attached hydrogens (tertiary/aromatic N) is 1. The van der Waals surface area contributed by atoms with Crippen LogP contribution in [0.25, 0.3) is 10.9 Å². The molecule has 2 aromatic rings. The molecule has 0 spiro atoms. The molecule has 0 radical (unpaired) electrons. The lowest BCUT2D eigenvalue weighted by atomic mass is 9.98. The van der Waals surface area contributed by atoms with Crippen LogP contribution in [0.4, 0.5) is 18.9 Å². The van der Waals surface area contributed by atoms with Crippen LogP contribution in [-0.2, 0) is 6.18 Å². The number of H-pyrrole nitrogens is 1. The molecule has 0 amide bonds. The van der Waals surface area contributed by atoms with Crippen LogP contribution in [0, 0.1) is 0 Å². The number of aromatic amines is 1. The first-order valence-electron chi connectivity index (χ1n) is 5.31. The fraction of sp³-hybridized carbons (Fsp3) is 0.364. The average Bonchev–Trinajstić information content (AvgIpc) is 2.93. The maximum Gasteiger partial charge on any atom is 0.416 e. The second kappa shape index (κ2) is 3.15. The molecule has 3 N–H and O–H groups in total. The Bertz CT molecular complexity index is 581. The van der Waals surface area contributed by atoms with E-state index in [1.807, 2.05) is 0 Å². The summed E-state index contributed by atoms with van der Waals surface area (Å²) in [7, 11) is 0. The predicted molar refractivity (Wildman–Crippen MR) is 57.5 cm³/mol. The minimum atomic E-state index is -4.37. The number of rotatable bonds is 1. The molecular weight excluding hydrogens is 231 g/mol. The minimum absolute atomic E-state index is 0.0501. The molecule has 0 aliphatic heterocycles. The third-order valence-corrected chi connectivity index (χ3v) is 3.12. The highest BCUT2D eigenvalue weighted by atomic mass is 19.4. The molecule has 3 rings (SSSR count). The van der Waals surface area contributed by atoms with Gasteiger partial charge in [0.25, 0.3) is 0 Å². The van der Waals surface area contributed by atoms with E-state index in [0.29, 0.717) is 10.9 Å². The summed E-state index contributed by atoms with van der Waals surface area (Å²) in [6, 6.07) is 1.10. The molecule has 0 saturated heterocycles. The Labute approximate surface area is 94.8 Å². The van der Waals surface area contributed by atoms with E-state index in [-0.39, 0.29) is 17.2 Å². The molecule has 0 bridgehead atoms. The molecular formula is C11H10F3N3. The van der Waals surface area contributed by atoms with Crippen molar-refractivity contribution in [1.29, 1.82) is 0 Å². The van der Waals surface area contributed by atoms with Gasteiger partial charge in [-0.3, -0.25) is 5.10 Å². The molecule has 1 aromatic heterocycles. The third kappa shape index (κ3) is 1.55. The van der Waals surface area contributed by atoms with E-state index in [9.17, 15) is 13.2 Å². The van der Waals surface area contributed by atoms with Crippen LogP contribution in [-0.4, -0.2) is 10.2 Å². The summed E-state index contributed by atoms with van der Waals surface area (Å²) < 4.78 is 38.9. The van der Waals surface area contributed by atoms with Gasteiger partial charge < -0.3 is 5.73 Å². The normalized spacial score (nSPS) is 16.6. The van der Waals surface area contributed by atoms with E-state index < -0.39 is 11.7 Å².